The van der Waals surface area contributed by atoms with Crippen molar-refractivity contribution < 1.29 is 9.53 Å². The second-order valence-corrected chi connectivity index (χ2v) is 8.53. The smallest absolute Gasteiger partial charge is 0.226 e. The van der Waals surface area contributed by atoms with Crippen molar-refractivity contribution in [3.05, 3.63) is 24.3 Å². The largest absolute Gasteiger partial charge is 0.497 e. The van der Waals surface area contributed by atoms with Crippen LogP contribution >= 0.6 is 11.8 Å². The Kier molecular flexibility index (Phi) is 6.46. The first-order valence-electron chi connectivity index (χ1n) is 9.48. The maximum atomic E-state index is 12.5. The average Bonchev–Trinajstić information content (AvgIpc) is 2.90. The van der Waals surface area contributed by atoms with Crippen LogP contribution in [0, 0.1) is 0 Å². The number of carbonyl (C=O) groups excluding carboxylic acids is 1. The van der Waals surface area contributed by atoms with E-state index in [2.05, 4.69) is 24.2 Å². The van der Waals surface area contributed by atoms with Crippen LogP contribution in [0.1, 0.15) is 45.4 Å². The van der Waals surface area contributed by atoms with Gasteiger partial charge < -0.3 is 15.0 Å². The molecule has 1 aromatic carbocycles. The molecule has 0 spiro atoms. The van der Waals surface area contributed by atoms with Crippen LogP contribution in [0.25, 0.3) is 0 Å². The van der Waals surface area contributed by atoms with Gasteiger partial charge in [0.05, 0.1) is 19.2 Å². The summed E-state index contributed by atoms with van der Waals surface area (Å²) in [6.45, 7) is 2.19. The van der Waals surface area contributed by atoms with Crippen molar-refractivity contribution in [2.24, 2.45) is 4.99 Å². The molecule has 2 fully saturated rings. The zero-order chi connectivity index (χ0) is 18.5. The molecule has 1 N–H and O–H groups in total. The summed E-state index contributed by atoms with van der Waals surface area (Å²) in [6.07, 6.45) is 6.80. The Hall–Kier alpha value is -1.69. The number of benzene rings is 1. The van der Waals surface area contributed by atoms with E-state index < -0.39 is 0 Å². The molecule has 1 saturated heterocycles. The zero-order valence-corrected chi connectivity index (χ0v) is 16.7. The van der Waals surface area contributed by atoms with Crippen molar-refractivity contribution in [3.63, 3.8) is 0 Å². The van der Waals surface area contributed by atoms with Crippen LogP contribution in [0.2, 0.25) is 0 Å². The lowest BCUT2D eigenvalue weighted by molar-refractivity contribution is -0.117. The lowest BCUT2D eigenvalue weighted by Crippen LogP contribution is -2.36. The fourth-order valence-corrected chi connectivity index (χ4v) is 4.93. The highest BCUT2D eigenvalue weighted by atomic mass is 32.2. The molecule has 6 heteroatoms. The third-order valence-corrected chi connectivity index (χ3v) is 6.56. The lowest BCUT2D eigenvalue weighted by atomic mass is 9.96. The van der Waals surface area contributed by atoms with E-state index in [1.54, 1.807) is 7.11 Å². The van der Waals surface area contributed by atoms with Gasteiger partial charge in [0.25, 0.3) is 0 Å². The van der Waals surface area contributed by atoms with Crippen molar-refractivity contribution in [1.29, 1.82) is 0 Å². The van der Waals surface area contributed by atoms with Gasteiger partial charge in [0.1, 0.15) is 5.75 Å². The Bertz CT molecular complexity index is 641. The van der Waals surface area contributed by atoms with Gasteiger partial charge in [0, 0.05) is 24.4 Å². The van der Waals surface area contributed by atoms with Gasteiger partial charge in [-0.1, -0.05) is 37.9 Å². The molecule has 1 aliphatic heterocycles. The van der Waals surface area contributed by atoms with E-state index in [4.69, 9.17) is 9.73 Å². The quantitative estimate of drug-likeness (QED) is 0.840. The molecule has 26 heavy (non-hydrogen) atoms. The van der Waals surface area contributed by atoms with Crippen LogP contribution in [-0.2, 0) is 4.79 Å². The fraction of sp³-hybridized carbons (Fsp3) is 0.600. The number of thioether (sulfide) groups is 1. The minimum atomic E-state index is 0.0402. The fourth-order valence-electron chi connectivity index (χ4n) is 3.65. The number of rotatable bonds is 5. The molecule has 1 aromatic rings. The molecule has 5 nitrogen and oxygen atoms in total. The Labute approximate surface area is 160 Å². The number of nitrogens with one attached hydrogen (secondary N) is 1. The van der Waals surface area contributed by atoms with Gasteiger partial charge in [0.15, 0.2) is 5.17 Å². The maximum Gasteiger partial charge on any atom is 0.226 e. The Balaban J connectivity index is 1.57. The summed E-state index contributed by atoms with van der Waals surface area (Å²) in [7, 11) is 3.71. The molecule has 1 saturated carbocycles. The van der Waals surface area contributed by atoms with Crippen LogP contribution in [0.5, 0.6) is 5.75 Å². The highest BCUT2D eigenvalue weighted by Gasteiger charge is 2.35. The zero-order valence-electron chi connectivity index (χ0n) is 15.9. The number of nitrogens with zero attached hydrogens (tertiary/aromatic N) is 2. The number of aliphatic imine (C=N–C) groups is 1. The van der Waals surface area contributed by atoms with Gasteiger partial charge in [-0.15, -0.1) is 0 Å². The minimum Gasteiger partial charge on any atom is -0.497 e. The van der Waals surface area contributed by atoms with E-state index in [1.807, 2.05) is 36.0 Å². The predicted molar refractivity (Wildman–Crippen MR) is 109 cm³/mol. The van der Waals surface area contributed by atoms with Gasteiger partial charge in [-0.05, 0) is 37.1 Å². The summed E-state index contributed by atoms with van der Waals surface area (Å²) in [5.41, 5.74) is 0.799. The van der Waals surface area contributed by atoms with E-state index in [9.17, 15) is 4.79 Å². The van der Waals surface area contributed by atoms with E-state index in [0.29, 0.717) is 17.7 Å². The van der Waals surface area contributed by atoms with Crippen LogP contribution in [-0.4, -0.2) is 47.5 Å². The highest BCUT2D eigenvalue weighted by Crippen LogP contribution is 2.34. The summed E-state index contributed by atoms with van der Waals surface area (Å²) in [4.78, 5) is 19.7. The number of amidine groups is 1. The number of methoxy groups -OCH3 is 1. The number of amides is 1. The second kappa shape index (κ2) is 8.80. The van der Waals surface area contributed by atoms with E-state index in [1.165, 1.54) is 32.1 Å². The topological polar surface area (TPSA) is 53.9 Å². The molecule has 2 unspecified atom stereocenters. The summed E-state index contributed by atoms with van der Waals surface area (Å²) < 4.78 is 5.15. The van der Waals surface area contributed by atoms with E-state index in [0.717, 1.165) is 16.6 Å². The monoisotopic (exact) mass is 375 g/mol. The van der Waals surface area contributed by atoms with Crippen molar-refractivity contribution in [1.82, 2.24) is 4.90 Å². The molecule has 1 heterocycles. The van der Waals surface area contributed by atoms with Gasteiger partial charge in [-0.2, -0.15) is 0 Å². The predicted octanol–water partition coefficient (Wildman–Crippen LogP) is 4.15. The number of carbonyl (C=O) groups is 1. The van der Waals surface area contributed by atoms with Gasteiger partial charge in [0.2, 0.25) is 5.91 Å². The molecule has 1 amide bonds. The van der Waals surface area contributed by atoms with Crippen molar-refractivity contribution in [2.75, 3.05) is 19.5 Å². The molecule has 0 aromatic heterocycles. The summed E-state index contributed by atoms with van der Waals surface area (Å²) in [5.74, 6) is 0.825. The van der Waals surface area contributed by atoms with Gasteiger partial charge >= 0.3 is 0 Å². The summed E-state index contributed by atoms with van der Waals surface area (Å²) in [5, 5.41) is 4.46. The molecule has 2 atom stereocenters. The first-order chi connectivity index (χ1) is 12.6. The van der Waals surface area contributed by atoms with Gasteiger partial charge in [-0.25, -0.2) is 0 Å². The second-order valence-electron chi connectivity index (χ2n) is 7.19. The molecular formula is C20H29N3O2S. The third-order valence-electron chi connectivity index (χ3n) is 5.27. The Morgan fingerprint density at radius 2 is 1.96 bits per heavy atom. The average molecular weight is 376 g/mol. The molecular weight excluding hydrogens is 346 g/mol. The first kappa shape index (κ1) is 19.1. The van der Waals surface area contributed by atoms with Crippen LogP contribution in [0.15, 0.2) is 29.3 Å². The molecule has 2 aliphatic rings. The minimum absolute atomic E-state index is 0.0402. The van der Waals surface area contributed by atoms with Crippen molar-refractivity contribution in [2.45, 2.75) is 62.8 Å². The molecule has 0 radical (unpaired) electrons. The summed E-state index contributed by atoms with van der Waals surface area (Å²) in [6, 6.07) is 8.08. The molecule has 3 rings (SSSR count). The van der Waals surface area contributed by atoms with Crippen LogP contribution in [0.4, 0.5) is 5.69 Å². The van der Waals surface area contributed by atoms with E-state index >= 15 is 0 Å². The number of hydrogen-bond acceptors (Lipinski definition) is 4. The molecule has 142 valence electrons. The van der Waals surface area contributed by atoms with Crippen molar-refractivity contribution in [3.8, 4) is 5.75 Å². The van der Waals surface area contributed by atoms with E-state index in [-0.39, 0.29) is 11.9 Å². The molecule has 1 aliphatic carbocycles. The maximum absolute atomic E-state index is 12.5. The highest BCUT2D eigenvalue weighted by molar-refractivity contribution is 8.14. The Morgan fingerprint density at radius 3 is 2.62 bits per heavy atom. The Morgan fingerprint density at radius 1 is 1.27 bits per heavy atom. The first-order valence-corrected chi connectivity index (χ1v) is 10.4. The van der Waals surface area contributed by atoms with Gasteiger partial charge in [-0.3, -0.25) is 9.79 Å². The SMILES string of the molecule is COc1ccc(NC(=O)CC2C(C)SC(=NC3CCCCC3)N2C)cc1. The standard InChI is InChI=1S/C20H29N3O2S/c1-14-18(13-19(24)21-16-9-11-17(25-3)12-10-16)23(2)20(26-14)22-15-7-5-4-6-8-15/h9-12,14-15,18H,4-8,13H2,1-3H3,(H,21,24). The lowest BCUT2D eigenvalue weighted by Gasteiger charge is -2.24. The molecule has 0 bridgehead atoms. The van der Waals surface area contributed by atoms with Crippen LogP contribution in [0.3, 0.4) is 0 Å². The summed E-state index contributed by atoms with van der Waals surface area (Å²) >= 11 is 1.81. The number of anilines is 1. The number of ether oxygens (including phenoxy) is 1. The number of hydrogen-bond donors (Lipinski definition) is 1. The third kappa shape index (κ3) is 4.72. The normalized spacial score (nSPS) is 25.5. The van der Waals surface area contributed by atoms with Crippen molar-refractivity contribution >= 4 is 28.5 Å². The van der Waals surface area contributed by atoms with Crippen LogP contribution < -0.4 is 10.1 Å².